The summed E-state index contributed by atoms with van der Waals surface area (Å²) in [7, 11) is 0. The maximum Gasteiger partial charge on any atom is 0.190 e. The third-order valence-electron chi connectivity index (χ3n) is 1.76. The molecular formula is C10H17NO2. The van der Waals surface area contributed by atoms with Crippen LogP contribution in [0.1, 0.15) is 26.7 Å². The van der Waals surface area contributed by atoms with E-state index in [-0.39, 0.29) is 0 Å². The highest BCUT2D eigenvalue weighted by Gasteiger charge is 2.11. The SMILES string of the molecule is CC(C)(O)CCCOc1ccc[nH]1. The van der Waals surface area contributed by atoms with E-state index >= 15 is 0 Å². The van der Waals surface area contributed by atoms with Crippen molar-refractivity contribution in [2.45, 2.75) is 32.3 Å². The molecule has 0 bridgehead atoms. The first-order valence-electron chi connectivity index (χ1n) is 4.56. The van der Waals surface area contributed by atoms with Crippen LogP contribution in [0.5, 0.6) is 5.88 Å². The van der Waals surface area contributed by atoms with Gasteiger partial charge in [0, 0.05) is 6.20 Å². The third kappa shape index (κ3) is 4.58. The van der Waals surface area contributed by atoms with Gasteiger partial charge in [0.25, 0.3) is 0 Å². The zero-order chi connectivity index (χ0) is 9.73. The average Bonchev–Trinajstić information content (AvgIpc) is 2.48. The number of H-pyrrole nitrogens is 1. The first kappa shape index (κ1) is 10.1. The Hall–Kier alpha value is -0.960. The highest BCUT2D eigenvalue weighted by Crippen LogP contribution is 2.11. The molecule has 0 aromatic carbocycles. The van der Waals surface area contributed by atoms with E-state index < -0.39 is 5.60 Å². The van der Waals surface area contributed by atoms with Crippen molar-refractivity contribution in [3.63, 3.8) is 0 Å². The number of ether oxygens (including phenoxy) is 1. The maximum atomic E-state index is 9.41. The van der Waals surface area contributed by atoms with E-state index in [1.54, 1.807) is 0 Å². The number of nitrogens with one attached hydrogen (secondary N) is 1. The van der Waals surface area contributed by atoms with E-state index in [0.717, 1.165) is 18.7 Å². The molecule has 13 heavy (non-hydrogen) atoms. The molecule has 0 radical (unpaired) electrons. The summed E-state index contributed by atoms with van der Waals surface area (Å²) in [5.74, 6) is 0.788. The standard InChI is InChI=1S/C10H17NO2/c1-10(2,12)6-4-8-13-9-5-3-7-11-9/h3,5,7,11-12H,4,6,8H2,1-2H3. The molecule has 1 heterocycles. The van der Waals surface area contributed by atoms with Crippen LogP contribution in [-0.4, -0.2) is 22.3 Å². The number of aromatic amines is 1. The minimum absolute atomic E-state index is 0.584. The number of aliphatic hydroxyl groups is 1. The van der Waals surface area contributed by atoms with Gasteiger partial charge in [-0.15, -0.1) is 0 Å². The lowest BCUT2D eigenvalue weighted by Crippen LogP contribution is -2.19. The summed E-state index contributed by atoms with van der Waals surface area (Å²) >= 11 is 0. The van der Waals surface area contributed by atoms with Gasteiger partial charge < -0.3 is 14.8 Å². The van der Waals surface area contributed by atoms with Crippen molar-refractivity contribution >= 4 is 0 Å². The molecule has 1 rings (SSSR count). The topological polar surface area (TPSA) is 45.2 Å². The Balaban J connectivity index is 2.09. The van der Waals surface area contributed by atoms with E-state index in [1.165, 1.54) is 0 Å². The molecular weight excluding hydrogens is 166 g/mol. The third-order valence-corrected chi connectivity index (χ3v) is 1.76. The first-order chi connectivity index (χ1) is 6.08. The van der Waals surface area contributed by atoms with E-state index in [1.807, 2.05) is 32.2 Å². The lowest BCUT2D eigenvalue weighted by molar-refractivity contribution is 0.0639. The predicted molar refractivity (Wildman–Crippen MR) is 51.8 cm³/mol. The van der Waals surface area contributed by atoms with Crippen LogP contribution < -0.4 is 4.74 Å². The van der Waals surface area contributed by atoms with E-state index in [4.69, 9.17) is 4.74 Å². The average molecular weight is 183 g/mol. The smallest absolute Gasteiger partial charge is 0.190 e. The number of aromatic nitrogens is 1. The Labute approximate surface area is 78.7 Å². The lowest BCUT2D eigenvalue weighted by Gasteiger charge is -2.16. The molecule has 74 valence electrons. The maximum absolute atomic E-state index is 9.41. The van der Waals surface area contributed by atoms with Crippen molar-refractivity contribution in [3.8, 4) is 5.88 Å². The predicted octanol–water partition coefficient (Wildman–Crippen LogP) is 1.94. The monoisotopic (exact) mass is 183 g/mol. The quantitative estimate of drug-likeness (QED) is 0.685. The summed E-state index contributed by atoms with van der Waals surface area (Å²) in [4.78, 5) is 2.95. The summed E-state index contributed by atoms with van der Waals surface area (Å²) in [5.41, 5.74) is -0.584. The van der Waals surface area contributed by atoms with Crippen molar-refractivity contribution in [2.24, 2.45) is 0 Å². The van der Waals surface area contributed by atoms with Gasteiger partial charge in [0.1, 0.15) is 0 Å². The number of hydrogen-bond acceptors (Lipinski definition) is 2. The van der Waals surface area contributed by atoms with Crippen LogP contribution in [0, 0.1) is 0 Å². The second-order valence-electron chi connectivity index (χ2n) is 3.80. The molecule has 0 spiro atoms. The van der Waals surface area contributed by atoms with Crippen molar-refractivity contribution in [3.05, 3.63) is 18.3 Å². The Kier molecular flexibility index (Phi) is 3.37. The molecule has 2 N–H and O–H groups in total. The van der Waals surface area contributed by atoms with Crippen LogP contribution in [0.15, 0.2) is 18.3 Å². The Morgan fingerprint density at radius 2 is 2.31 bits per heavy atom. The summed E-state index contributed by atoms with van der Waals surface area (Å²) < 4.78 is 5.37. The van der Waals surface area contributed by atoms with Crippen molar-refractivity contribution < 1.29 is 9.84 Å². The second-order valence-corrected chi connectivity index (χ2v) is 3.80. The van der Waals surface area contributed by atoms with Gasteiger partial charge >= 0.3 is 0 Å². The molecule has 1 aromatic heterocycles. The fourth-order valence-corrected chi connectivity index (χ4v) is 1.09. The molecule has 3 heteroatoms. The molecule has 0 fully saturated rings. The molecule has 0 amide bonds. The van der Waals surface area contributed by atoms with Crippen molar-refractivity contribution in [1.29, 1.82) is 0 Å². The van der Waals surface area contributed by atoms with Gasteiger partial charge in [-0.25, -0.2) is 0 Å². The fourth-order valence-electron chi connectivity index (χ4n) is 1.09. The fraction of sp³-hybridized carbons (Fsp3) is 0.600. The van der Waals surface area contributed by atoms with Gasteiger partial charge in [0.15, 0.2) is 5.88 Å². The molecule has 0 unspecified atom stereocenters. The van der Waals surface area contributed by atoms with Gasteiger partial charge in [-0.2, -0.15) is 0 Å². The summed E-state index contributed by atoms with van der Waals surface area (Å²) in [6, 6.07) is 3.77. The van der Waals surface area contributed by atoms with E-state index in [9.17, 15) is 5.11 Å². The summed E-state index contributed by atoms with van der Waals surface area (Å²) in [6.07, 6.45) is 3.45. The van der Waals surface area contributed by atoms with Crippen LogP contribution in [0.2, 0.25) is 0 Å². The van der Waals surface area contributed by atoms with Crippen LogP contribution in [0.3, 0.4) is 0 Å². The zero-order valence-electron chi connectivity index (χ0n) is 8.21. The van der Waals surface area contributed by atoms with Gasteiger partial charge in [-0.3, -0.25) is 0 Å². The van der Waals surface area contributed by atoms with E-state index in [2.05, 4.69) is 4.98 Å². The number of hydrogen-bond donors (Lipinski definition) is 2. The summed E-state index contributed by atoms with van der Waals surface area (Å²) in [5, 5.41) is 9.41. The van der Waals surface area contributed by atoms with Crippen molar-refractivity contribution in [2.75, 3.05) is 6.61 Å². The van der Waals surface area contributed by atoms with Gasteiger partial charge in [-0.05, 0) is 38.8 Å². The highest BCUT2D eigenvalue weighted by molar-refractivity contribution is 5.09. The summed E-state index contributed by atoms with van der Waals surface area (Å²) in [6.45, 7) is 4.26. The zero-order valence-corrected chi connectivity index (χ0v) is 8.21. The minimum atomic E-state index is -0.584. The van der Waals surface area contributed by atoms with Gasteiger partial charge in [-0.1, -0.05) is 0 Å². The molecule has 0 saturated heterocycles. The minimum Gasteiger partial charge on any atom is -0.479 e. The molecule has 0 aliphatic rings. The molecule has 0 atom stereocenters. The van der Waals surface area contributed by atoms with Crippen molar-refractivity contribution in [1.82, 2.24) is 4.98 Å². The lowest BCUT2D eigenvalue weighted by atomic mass is 10.0. The molecule has 0 aliphatic carbocycles. The van der Waals surface area contributed by atoms with E-state index in [0.29, 0.717) is 6.61 Å². The van der Waals surface area contributed by atoms with Crippen LogP contribution in [0.4, 0.5) is 0 Å². The van der Waals surface area contributed by atoms with Crippen LogP contribution in [-0.2, 0) is 0 Å². The molecule has 0 saturated carbocycles. The Morgan fingerprint density at radius 3 is 2.85 bits per heavy atom. The van der Waals surface area contributed by atoms with Crippen LogP contribution in [0.25, 0.3) is 0 Å². The van der Waals surface area contributed by atoms with Gasteiger partial charge in [0.2, 0.25) is 0 Å². The highest BCUT2D eigenvalue weighted by atomic mass is 16.5. The molecule has 1 aromatic rings. The Bertz CT molecular complexity index is 224. The first-order valence-corrected chi connectivity index (χ1v) is 4.56. The number of rotatable bonds is 5. The second kappa shape index (κ2) is 4.33. The molecule has 3 nitrogen and oxygen atoms in total. The Morgan fingerprint density at radius 1 is 1.54 bits per heavy atom. The molecule has 0 aliphatic heterocycles. The van der Waals surface area contributed by atoms with Crippen LogP contribution >= 0.6 is 0 Å². The van der Waals surface area contributed by atoms with Gasteiger partial charge in [0.05, 0.1) is 12.2 Å². The largest absolute Gasteiger partial charge is 0.479 e. The normalized spacial score (nSPS) is 11.6.